The fourth-order valence-electron chi connectivity index (χ4n) is 1.16. The van der Waals surface area contributed by atoms with E-state index in [9.17, 15) is 15.2 Å². The Morgan fingerprint density at radius 2 is 2.23 bits per heavy atom. The molecule has 0 aliphatic heterocycles. The van der Waals surface area contributed by atoms with E-state index in [1.54, 1.807) is 6.92 Å². The summed E-state index contributed by atoms with van der Waals surface area (Å²) < 4.78 is 0. The minimum Gasteiger partial charge on any atom is -0.507 e. The van der Waals surface area contributed by atoms with E-state index < -0.39 is 4.92 Å². The predicted molar refractivity (Wildman–Crippen MR) is 49.6 cm³/mol. The number of nitrogens with zero attached hydrogens (tertiary/aromatic N) is 1. The maximum atomic E-state index is 10.5. The Labute approximate surface area is 75.3 Å². The molecule has 0 aliphatic rings. The minimum absolute atomic E-state index is 0.00676. The standard InChI is InChI=1S/C9H9NO3/c1-3-7-6(2)8(10(12)13)4-5-9(7)11/h3-5,11H,1H2,2H3. The minimum atomic E-state index is -0.484. The van der Waals surface area contributed by atoms with Crippen LogP contribution in [0.4, 0.5) is 5.69 Å². The van der Waals surface area contributed by atoms with E-state index in [1.807, 2.05) is 0 Å². The number of benzene rings is 1. The lowest BCUT2D eigenvalue weighted by Crippen LogP contribution is -1.93. The van der Waals surface area contributed by atoms with Crippen LogP contribution >= 0.6 is 0 Å². The van der Waals surface area contributed by atoms with Crippen LogP contribution in [0.3, 0.4) is 0 Å². The third kappa shape index (κ3) is 1.51. The van der Waals surface area contributed by atoms with Crippen molar-refractivity contribution in [3.05, 3.63) is 40.0 Å². The average Bonchev–Trinajstić information content (AvgIpc) is 2.04. The summed E-state index contributed by atoms with van der Waals surface area (Å²) in [6.07, 6.45) is 1.40. The van der Waals surface area contributed by atoms with Crippen molar-refractivity contribution in [1.82, 2.24) is 0 Å². The van der Waals surface area contributed by atoms with Crippen molar-refractivity contribution >= 4 is 11.8 Å². The molecule has 0 radical (unpaired) electrons. The van der Waals surface area contributed by atoms with E-state index in [2.05, 4.69) is 6.58 Å². The van der Waals surface area contributed by atoms with Gasteiger partial charge >= 0.3 is 0 Å². The van der Waals surface area contributed by atoms with E-state index in [-0.39, 0.29) is 11.4 Å². The van der Waals surface area contributed by atoms with Gasteiger partial charge in [0.25, 0.3) is 5.69 Å². The average molecular weight is 179 g/mol. The van der Waals surface area contributed by atoms with E-state index in [0.29, 0.717) is 11.1 Å². The highest BCUT2D eigenvalue weighted by molar-refractivity contribution is 5.64. The van der Waals surface area contributed by atoms with Gasteiger partial charge in [0.2, 0.25) is 0 Å². The molecule has 68 valence electrons. The Morgan fingerprint density at radius 3 is 2.69 bits per heavy atom. The summed E-state index contributed by atoms with van der Waals surface area (Å²) in [6, 6.07) is 2.57. The molecule has 0 unspecified atom stereocenters. The quantitative estimate of drug-likeness (QED) is 0.559. The van der Waals surface area contributed by atoms with Gasteiger partial charge < -0.3 is 5.11 Å². The molecule has 1 N–H and O–H groups in total. The molecule has 0 saturated heterocycles. The smallest absolute Gasteiger partial charge is 0.273 e. The van der Waals surface area contributed by atoms with Crippen molar-refractivity contribution in [2.24, 2.45) is 0 Å². The summed E-state index contributed by atoms with van der Waals surface area (Å²) in [6.45, 7) is 5.05. The third-order valence-electron chi connectivity index (χ3n) is 1.86. The highest BCUT2D eigenvalue weighted by Crippen LogP contribution is 2.29. The van der Waals surface area contributed by atoms with Gasteiger partial charge in [-0.2, -0.15) is 0 Å². The molecule has 4 nitrogen and oxygen atoms in total. The Hall–Kier alpha value is -1.84. The number of nitro benzene ring substituents is 1. The number of nitro groups is 1. The number of hydrogen-bond acceptors (Lipinski definition) is 3. The number of rotatable bonds is 2. The van der Waals surface area contributed by atoms with Gasteiger partial charge in [0, 0.05) is 17.2 Å². The van der Waals surface area contributed by atoms with Gasteiger partial charge in [0.05, 0.1) is 4.92 Å². The Bertz CT molecular complexity index is 371. The summed E-state index contributed by atoms with van der Waals surface area (Å²) in [5, 5.41) is 19.8. The maximum Gasteiger partial charge on any atom is 0.273 e. The zero-order valence-corrected chi connectivity index (χ0v) is 7.15. The van der Waals surface area contributed by atoms with Gasteiger partial charge in [-0.05, 0) is 13.0 Å². The van der Waals surface area contributed by atoms with Gasteiger partial charge in [0.1, 0.15) is 5.75 Å². The fourth-order valence-corrected chi connectivity index (χ4v) is 1.16. The molecule has 0 amide bonds. The molecular weight excluding hydrogens is 170 g/mol. The Balaban J connectivity index is 3.44. The largest absolute Gasteiger partial charge is 0.507 e. The molecule has 1 aromatic rings. The molecule has 0 bridgehead atoms. The first-order chi connectivity index (χ1) is 6.07. The molecule has 4 heteroatoms. The van der Waals surface area contributed by atoms with Crippen LogP contribution in [0.25, 0.3) is 6.08 Å². The van der Waals surface area contributed by atoms with Crippen LogP contribution in [0.2, 0.25) is 0 Å². The first-order valence-electron chi connectivity index (χ1n) is 3.67. The predicted octanol–water partition coefficient (Wildman–Crippen LogP) is 2.25. The van der Waals surface area contributed by atoms with Crippen LogP contribution in [-0.4, -0.2) is 10.0 Å². The van der Waals surface area contributed by atoms with Crippen LogP contribution < -0.4 is 0 Å². The van der Waals surface area contributed by atoms with Crippen molar-refractivity contribution in [2.45, 2.75) is 6.92 Å². The van der Waals surface area contributed by atoms with Crippen LogP contribution in [-0.2, 0) is 0 Å². The molecule has 0 aromatic heterocycles. The zero-order chi connectivity index (χ0) is 10.0. The molecule has 0 spiro atoms. The van der Waals surface area contributed by atoms with Crippen molar-refractivity contribution < 1.29 is 10.0 Å². The second-order valence-electron chi connectivity index (χ2n) is 2.60. The SMILES string of the molecule is C=Cc1c(O)ccc([N+](=O)[O-])c1C. The first kappa shape index (κ1) is 9.25. The molecule has 1 rings (SSSR count). The number of hydrogen-bond donors (Lipinski definition) is 1. The first-order valence-corrected chi connectivity index (χ1v) is 3.67. The monoisotopic (exact) mass is 179 g/mol. The maximum absolute atomic E-state index is 10.5. The van der Waals surface area contributed by atoms with Crippen LogP contribution in [0.5, 0.6) is 5.75 Å². The van der Waals surface area contributed by atoms with Crippen LogP contribution in [0, 0.1) is 17.0 Å². The lowest BCUT2D eigenvalue weighted by Gasteiger charge is -2.03. The van der Waals surface area contributed by atoms with Gasteiger partial charge in [-0.25, -0.2) is 0 Å². The van der Waals surface area contributed by atoms with E-state index in [4.69, 9.17) is 0 Å². The van der Waals surface area contributed by atoms with Crippen molar-refractivity contribution in [3.8, 4) is 5.75 Å². The van der Waals surface area contributed by atoms with E-state index >= 15 is 0 Å². The molecule has 0 atom stereocenters. The topological polar surface area (TPSA) is 63.4 Å². The molecule has 0 heterocycles. The molecule has 13 heavy (non-hydrogen) atoms. The van der Waals surface area contributed by atoms with Gasteiger partial charge in [-0.15, -0.1) is 0 Å². The summed E-state index contributed by atoms with van der Waals surface area (Å²) in [5.74, 6) is 0.0121. The lowest BCUT2D eigenvalue weighted by atomic mass is 10.1. The Kier molecular flexibility index (Phi) is 2.32. The van der Waals surface area contributed by atoms with Crippen LogP contribution in [0.15, 0.2) is 18.7 Å². The normalized spacial score (nSPS) is 9.62. The van der Waals surface area contributed by atoms with E-state index in [1.165, 1.54) is 18.2 Å². The zero-order valence-electron chi connectivity index (χ0n) is 7.15. The fraction of sp³-hybridized carbons (Fsp3) is 0.111. The molecule has 0 fully saturated rings. The lowest BCUT2D eigenvalue weighted by molar-refractivity contribution is -0.385. The van der Waals surface area contributed by atoms with E-state index in [0.717, 1.165) is 0 Å². The number of phenols is 1. The molecule has 0 saturated carbocycles. The third-order valence-corrected chi connectivity index (χ3v) is 1.86. The molecule has 0 aliphatic carbocycles. The number of phenolic OH excluding ortho intramolecular Hbond substituents is 1. The highest BCUT2D eigenvalue weighted by atomic mass is 16.6. The summed E-state index contributed by atoms with van der Waals surface area (Å²) >= 11 is 0. The second-order valence-corrected chi connectivity index (χ2v) is 2.60. The highest BCUT2D eigenvalue weighted by Gasteiger charge is 2.14. The number of aromatic hydroxyl groups is 1. The summed E-state index contributed by atoms with van der Waals surface area (Å²) in [7, 11) is 0. The molecular formula is C9H9NO3. The van der Waals surface area contributed by atoms with Gasteiger partial charge in [-0.1, -0.05) is 12.7 Å². The second kappa shape index (κ2) is 3.26. The van der Waals surface area contributed by atoms with Crippen molar-refractivity contribution in [2.75, 3.05) is 0 Å². The Morgan fingerprint density at radius 1 is 1.62 bits per heavy atom. The van der Waals surface area contributed by atoms with Crippen molar-refractivity contribution in [1.29, 1.82) is 0 Å². The van der Waals surface area contributed by atoms with Crippen molar-refractivity contribution in [3.63, 3.8) is 0 Å². The summed E-state index contributed by atoms with van der Waals surface area (Å²) in [4.78, 5) is 10.0. The summed E-state index contributed by atoms with van der Waals surface area (Å²) in [5.41, 5.74) is 0.835. The van der Waals surface area contributed by atoms with Crippen LogP contribution in [0.1, 0.15) is 11.1 Å². The molecule has 1 aromatic carbocycles. The van der Waals surface area contributed by atoms with Gasteiger partial charge in [-0.3, -0.25) is 10.1 Å². The van der Waals surface area contributed by atoms with Gasteiger partial charge in [0.15, 0.2) is 0 Å².